The fourth-order valence-electron chi connectivity index (χ4n) is 9.96. The van der Waals surface area contributed by atoms with E-state index in [4.69, 9.17) is 32.3 Å². The molecule has 0 aliphatic rings. The van der Waals surface area contributed by atoms with Crippen LogP contribution in [0.5, 0.6) is 0 Å². The van der Waals surface area contributed by atoms with Crippen molar-refractivity contribution in [2.75, 3.05) is 39.6 Å². The third kappa shape index (κ3) is 77.8. The summed E-state index contributed by atoms with van der Waals surface area (Å²) in [4.78, 5) is 58.7. The van der Waals surface area contributed by atoms with E-state index in [-0.39, 0.29) is 19.3 Å². The summed E-state index contributed by atoms with van der Waals surface area (Å²) < 4.78 is 61.2. The van der Waals surface area contributed by atoms with E-state index >= 15 is 0 Å². The van der Waals surface area contributed by atoms with Gasteiger partial charge >= 0.3 is 33.6 Å². The van der Waals surface area contributed by atoms with Crippen molar-refractivity contribution >= 4 is 33.6 Å². The number of esters is 3. The minimum Gasteiger partial charge on any atom is -0.463 e. The molecule has 0 aromatic carbocycles. The van der Waals surface area contributed by atoms with Crippen molar-refractivity contribution in [1.82, 2.24) is 0 Å². The molecule has 0 saturated carbocycles. The topological polar surface area (TPSA) is 231 Å². The SMILES string of the molecule is CC/C=C\C/C=C\C/C=C\C/C=C\C/C=C\C/C=C\CCCCCCC(=O)OCC(COP(=O)(O)OCC(O)COP(=O)(O)OCC(O)COC(=O)CCCCCCCCCCC/C=C\C/C=C\C/C=C\C/C=C\C/C=C\CC)OC(=O)CCCCCCCC/C=C\C/C=C\C/C=C\CCCCC. The molecule has 16 nitrogen and oxygen atoms in total. The number of unbranched alkanes of at least 4 members (excludes halogenated alkanes) is 22. The van der Waals surface area contributed by atoms with E-state index in [2.05, 4.69) is 191 Å². The van der Waals surface area contributed by atoms with Crippen LogP contribution in [0.25, 0.3) is 0 Å². The maximum absolute atomic E-state index is 13.0. The van der Waals surface area contributed by atoms with Crippen LogP contribution in [0.15, 0.2) is 170 Å². The lowest BCUT2D eigenvalue weighted by Crippen LogP contribution is -2.30. The van der Waals surface area contributed by atoms with Gasteiger partial charge in [-0.3, -0.25) is 32.5 Å². The molecule has 0 aromatic heterocycles. The number of aliphatic hydroxyl groups is 2. The number of phosphoric ester groups is 2. The molecule has 0 bridgehead atoms. The molecular formula is C85H140O16P2. The first kappa shape index (κ1) is 97.9. The predicted molar refractivity (Wildman–Crippen MR) is 426 cm³/mol. The molecule has 103 heavy (non-hydrogen) atoms. The normalized spacial score (nSPS) is 14.9. The van der Waals surface area contributed by atoms with E-state index in [9.17, 15) is 43.5 Å². The molecule has 0 aliphatic heterocycles. The lowest BCUT2D eigenvalue weighted by molar-refractivity contribution is -0.161. The molecule has 0 aromatic rings. The molecule has 0 radical (unpaired) electrons. The maximum Gasteiger partial charge on any atom is 0.472 e. The van der Waals surface area contributed by atoms with E-state index in [0.717, 1.165) is 186 Å². The van der Waals surface area contributed by atoms with Crippen LogP contribution >= 0.6 is 15.6 Å². The number of aliphatic hydroxyl groups excluding tert-OH is 2. The van der Waals surface area contributed by atoms with Gasteiger partial charge in [0.2, 0.25) is 0 Å². The van der Waals surface area contributed by atoms with Gasteiger partial charge in [0.15, 0.2) is 6.10 Å². The molecule has 5 unspecified atom stereocenters. The second-order valence-electron chi connectivity index (χ2n) is 25.7. The first-order valence-corrected chi connectivity index (χ1v) is 42.4. The fraction of sp³-hybridized carbons (Fsp3) is 0.635. The fourth-order valence-corrected chi connectivity index (χ4v) is 11.5. The number of carbonyl (C=O) groups is 3. The predicted octanol–water partition coefficient (Wildman–Crippen LogP) is 23.2. The number of hydrogen-bond acceptors (Lipinski definition) is 14. The zero-order valence-electron chi connectivity index (χ0n) is 63.9. The van der Waals surface area contributed by atoms with E-state index < -0.39 is 91.5 Å². The van der Waals surface area contributed by atoms with Crippen molar-refractivity contribution in [1.29, 1.82) is 0 Å². The Morgan fingerprint density at radius 2 is 0.515 bits per heavy atom. The molecule has 586 valence electrons. The molecule has 0 aliphatic carbocycles. The number of carbonyl (C=O) groups excluding carboxylic acids is 3. The summed E-state index contributed by atoms with van der Waals surface area (Å²) >= 11 is 0. The number of phosphoric acid groups is 2. The Morgan fingerprint density at radius 3 is 0.816 bits per heavy atom. The standard InChI is InChI=1S/C85H140O16P2/c1-4-7-10-13-16-19-22-25-28-31-34-36-38-39-41-43-45-47-50-53-56-59-62-65-68-71-83(88)95-74-80(86)75-97-102(91,92)98-76-81(87)77-99-103(93,94)100-79-82(101-85(90)73-70-67-64-61-58-55-52-49-44-33-30-27-24-21-18-15-12-9-6-3)78-96-84(89)72-69-66-63-60-57-54-51-48-46-42-40-37-35-32-29-26-23-20-17-14-11-8-5-2/h7-8,10-11,16-21,25-30,34-37,39,41-42,44,46,49,51,54,80-82,86-87H,4-6,9,12-15,22-24,31-33,38,40,43,45,47-48,50,52-53,55-79H2,1-3H3,(H,91,92)(H,93,94)/b10-7-,11-8-,19-16-,20-17-,21-18-,28-25-,29-26-,30-27-,36-34-,37-35-,41-39-,46-42-,49-44-,54-51-. The van der Waals surface area contributed by atoms with Crippen molar-refractivity contribution in [2.45, 2.75) is 309 Å². The van der Waals surface area contributed by atoms with E-state index in [1.54, 1.807) is 0 Å². The van der Waals surface area contributed by atoms with Gasteiger partial charge in [-0.15, -0.1) is 0 Å². The molecule has 18 heteroatoms. The lowest BCUT2D eigenvalue weighted by Gasteiger charge is -2.21. The Kier molecular flexibility index (Phi) is 72.8. The summed E-state index contributed by atoms with van der Waals surface area (Å²) in [6.45, 7) is 2.36. The molecule has 0 spiro atoms. The van der Waals surface area contributed by atoms with Crippen LogP contribution in [-0.4, -0.2) is 95.9 Å². The summed E-state index contributed by atoms with van der Waals surface area (Å²) in [7, 11) is -9.82. The van der Waals surface area contributed by atoms with Crippen LogP contribution in [0.2, 0.25) is 0 Å². The Morgan fingerprint density at radius 1 is 0.282 bits per heavy atom. The van der Waals surface area contributed by atoms with Crippen molar-refractivity contribution in [3.63, 3.8) is 0 Å². The third-order valence-corrected chi connectivity index (χ3v) is 17.8. The smallest absolute Gasteiger partial charge is 0.463 e. The molecular weight excluding hydrogens is 1340 g/mol. The number of hydrogen-bond donors (Lipinski definition) is 4. The van der Waals surface area contributed by atoms with Crippen LogP contribution in [-0.2, 0) is 55.8 Å². The van der Waals surface area contributed by atoms with Gasteiger partial charge in [0.05, 0.1) is 26.4 Å². The Bertz CT molecular complexity index is 2550. The van der Waals surface area contributed by atoms with E-state index in [0.29, 0.717) is 19.3 Å². The molecule has 0 rings (SSSR count). The van der Waals surface area contributed by atoms with Gasteiger partial charge in [0.25, 0.3) is 0 Å². The Balaban J connectivity index is 4.72. The van der Waals surface area contributed by atoms with Crippen molar-refractivity contribution in [2.24, 2.45) is 0 Å². The average Bonchev–Trinajstić information content (AvgIpc) is 0.939. The highest BCUT2D eigenvalue weighted by Crippen LogP contribution is 2.45. The minimum absolute atomic E-state index is 0.0777. The van der Waals surface area contributed by atoms with Crippen LogP contribution in [0.3, 0.4) is 0 Å². The van der Waals surface area contributed by atoms with Gasteiger partial charge in [0.1, 0.15) is 25.4 Å². The zero-order chi connectivity index (χ0) is 75.2. The zero-order valence-corrected chi connectivity index (χ0v) is 65.7. The Labute approximate surface area is 624 Å². The number of allylic oxidation sites excluding steroid dienone is 28. The molecule has 0 heterocycles. The summed E-state index contributed by atoms with van der Waals surface area (Å²) in [6.07, 6.45) is 96.7. The highest BCUT2D eigenvalue weighted by atomic mass is 31.2. The number of rotatable bonds is 73. The highest BCUT2D eigenvalue weighted by Gasteiger charge is 2.29. The highest BCUT2D eigenvalue weighted by molar-refractivity contribution is 7.47. The second-order valence-corrected chi connectivity index (χ2v) is 28.7. The van der Waals surface area contributed by atoms with Gasteiger partial charge in [0, 0.05) is 19.3 Å². The summed E-state index contributed by atoms with van der Waals surface area (Å²) in [5, 5.41) is 20.6. The molecule has 0 saturated heterocycles. The first-order chi connectivity index (χ1) is 50.2. The van der Waals surface area contributed by atoms with Crippen LogP contribution in [0.1, 0.15) is 290 Å². The summed E-state index contributed by atoms with van der Waals surface area (Å²) in [5.74, 6) is -1.63. The van der Waals surface area contributed by atoms with Crippen molar-refractivity contribution < 1.29 is 75.8 Å². The van der Waals surface area contributed by atoms with E-state index in [1.807, 2.05) is 0 Å². The third-order valence-electron chi connectivity index (χ3n) is 15.9. The average molecular weight is 1480 g/mol. The summed E-state index contributed by atoms with van der Waals surface area (Å²) in [5.41, 5.74) is 0. The van der Waals surface area contributed by atoms with Gasteiger partial charge in [-0.25, -0.2) is 9.13 Å². The quantitative estimate of drug-likeness (QED) is 0.0146. The lowest BCUT2D eigenvalue weighted by atomic mass is 10.1. The van der Waals surface area contributed by atoms with Gasteiger partial charge in [-0.05, 0) is 154 Å². The van der Waals surface area contributed by atoms with Crippen LogP contribution < -0.4 is 0 Å². The number of ether oxygens (including phenoxy) is 3. The first-order valence-electron chi connectivity index (χ1n) is 39.4. The van der Waals surface area contributed by atoms with E-state index in [1.165, 1.54) is 44.9 Å². The van der Waals surface area contributed by atoms with Crippen molar-refractivity contribution in [3.8, 4) is 0 Å². The van der Waals surface area contributed by atoms with Gasteiger partial charge in [-0.1, -0.05) is 287 Å². The van der Waals surface area contributed by atoms with Crippen molar-refractivity contribution in [3.05, 3.63) is 170 Å². The minimum atomic E-state index is -4.95. The molecule has 0 amide bonds. The Hall–Kier alpha value is -5.09. The monoisotopic (exact) mass is 1480 g/mol. The van der Waals surface area contributed by atoms with Gasteiger partial charge < -0.3 is 34.2 Å². The van der Waals surface area contributed by atoms with Crippen LogP contribution in [0, 0.1) is 0 Å². The van der Waals surface area contributed by atoms with Crippen LogP contribution in [0.4, 0.5) is 0 Å². The molecule has 4 N–H and O–H groups in total. The summed E-state index contributed by atoms with van der Waals surface area (Å²) in [6, 6.07) is 0. The molecule has 5 atom stereocenters. The molecule has 0 fully saturated rings. The maximum atomic E-state index is 13.0. The van der Waals surface area contributed by atoms with Gasteiger partial charge in [-0.2, -0.15) is 0 Å². The second kappa shape index (κ2) is 76.6. The largest absolute Gasteiger partial charge is 0.472 e.